The zero-order chi connectivity index (χ0) is 13.2. The van der Waals surface area contributed by atoms with E-state index in [2.05, 4.69) is 29.6 Å². The highest BCUT2D eigenvalue weighted by atomic mass is 16.5. The topological polar surface area (TPSA) is 29.5 Å². The Balaban J connectivity index is 2.47. The second kappa shape index (κ2) is 7.99. The van der Waals surface area contributed by atoms with Gasteiger partial charge in [-0.1, -0.05) is 47.3 Å². The van der Waals surface area contributed by atoms with E-state index in [0.717, 1.165) is 5.56 Å². The zero-order valence-electron chi connectivity index (χ0n) is 10.2. The molecule has 2 heteroatoms. The molecule has 0 amide bonds. The number of hydrogen-bond donors (Lipinski definition) is 1. The highest BCUT2D eigenvalue weighted by Gasteiger charge is 1.90. The van der Waals surface area contributed by atoms with Gasteiger partial charge in [-0.25, -0.2) is 0 Å². The molecule has 0 saturated heterocycles. The van der Waals surface area contributed by atoms with E-state index in [9.17, 15) is 5.11 Å². The van der Waals surface area contributed by atoms with Gasteiger partial charge in [-0.2, -0.15) is 0 Å². The summed E-state index contributed by atoms with van der Waals surface area (Å²) in [5.41, 5.74) is 2.02. The molecule has 0 aliphatic carbocycles. The van der Waals surface area contributed by atoms with Gasteiger partial charge in [-0.15, -0.1) is 6.42 Å². The number of terminal acetylenes is 1. The monoisotopic (exact) mass is 238 g/mol. The molecule has 0 aromatic heterocycles. The third kappa shape index (κ3) is 5.78. The van der Waals surface area contributed by atoms with Crippen LogP contribution in [-0.4, -0.2) is 24.4 Å². The zero-order valence-corrected chi connectivity index (χ0v) is 10.2. The van der Waals surface area contributed by atoms with E-state index in [1.807, 2.05) is 31.2 Å². The van der Waals surface area contributed by atoms with Crippen molar-refractivity contribution in [1.82, 2.24) is 0 Å². The summed E-state index contributed by atoms with van der Waals surface area (Å²) >= 11 is 0. The van der Waals surface area contributed by atoms with Crippen LogP contribution in [0.3, 0.4) is 0 Å². The molecular weight excluding hydrogens is 224 g/mol. The van der Waals surface area contributed by atoms with Crippen LogP contribution in [0.25, 0.3) is 0 Å². The molecule has 0 fully saturated rings. The quantitative estimate of drug-likeness (QED) is 0.622. The fourth-order valence-electron chi connectivity index (χ4n) is 1.12. The number of aliphatic hydroxyl groups excluding tert-OH is 1. The van der Waals surface area contributed by atoms with Crippen LogP contribution in [0.15, 0.2) is 24.3 Å². The van der Waals surface area contributed by atoms with Gasteiger partial charge < -0.3 is 9.84 Å². The molecule has 0 saturated carbocycles. The van der Waals surface area contributed by atoms with Gasteiger partial charge in [-0.05, 0) is 19.1 Å². The molecule has 0 radical (unpaired) electrons. The molecule has 0 heterocycles. The summed E-state index contributed by atoms with van der Waals surface area (Å²) < 4.78 is 4.94. The first kappa shape index (κ1) is 13.9. The molecule has 90 valence electrons. The van der Waals surface area contributed by atoms with E-state index in [4.69, 9.17) is 11.2 Å². The van der Waals surface area contributed by atoms with Crippen LogP contribution in [0.5, 0.6) is 0 Å². The lowest BCUT2D eigenvalue weighted by Gasteiger charge is -1.93. The number of benzene rings is 1. The van der Waals surface area contributed by atoms with Crippen molar-refractivity contribution in [2.75, 3.05) is 13.2 Å². The highest BCUT2D eigenvalue weighted by molar-refractivity contribution is 5.37. The average molecular weight is 238 g/mol. The molecule has 1 aromatic carbocycles. The Bertz CT molecular complexity index is 527. The predicted molar refractivity (Wildman–Crippen MR) is 71.5 cm³/mol. The summed E-state index contributed by atoms with van der Waals surface area (Å²) in [6.07, 6.45) is 4.03. The van der Waals surface area contributed by atoms with Gasteiger partial charge in [0, 0.05) is 5.56 Å². The third-order valence-corrected chi connectivity index (χ3v) is 2.00. The van der Waals surface area contributed by atoms with E-state index in [1.165, 1.54) is 5.56 Å². The maximum Gasteiger partial charge on any atom is 0.177 e. The van der Waals surface area contributed by atoms with Crippen LogP contribution in [0.4, 0.5) is 0 Å². The molecule has 1 unspecified atom stereocenters. The summed E-state index contributed by atoms with van der Waals surface area (Å²) in [5, 5.41) is 9.48. The summed E-state index contributed by atoms with van der Waals surface area (Å²) in [4.78, 5) is 0. The summed E-state index contributed by atoms with van der Waals surface area (Å²) in [5.74, 6) is 13.0. The largest absolute Gasteiger partial charge is 0.369 e. The van der Waals surface area contributed by atoms with Crippen LogP contribution >= 0.6 is 0 Å². The number of aliphatic hydroxyl groups is 1. The van der Waals surface area contributed by atoms with E-state index >= 15 is 0 Å². The van der Waals surface area contributed by atoms with Crippen LogP contribution in [-0.2, 0) is 4.74 Å². The summed E-state index contributed by atoms with van der Waals surface area (Å²) in [6.45, 7) is 2.43. The SMILES string of the molecule is C#CCOCC#CC(O)C#Cc1ccc(C)cc1. The predicted octanol–water partition coefficient (Wildman–Crippen LogP) is 1.36. The molecule has 1 atom stereocenters. The van der Waals surface area contributed by atoms with E-state index in [0.29, 0.717) is 0 Å². The van der Waals surface area contributed by atoms with Crippen LogP contribution in [0.2, 0.25) is 0 Å². The Kier molecular flexibility index (Phi) is 6.16. The first-order valence-corrected chi connectivity index (χ1v) is 5.48. The number of ether oxygens (including phenoxy) is 1. The fraction of sp³-hybridized carbons (Fsp3) is 0.250. The maximum atomic E-state index is 9.48. The van der Waals surface area contributed by atoms with Crippen molar-refractivity contribution < 1.29 is 9.84 Å². The highest BCUT2D eigenvalue weighted by Crippen LogP contribution is 2.00. The Morgan fingerprint density at radius 3 is 2.61 bits per heavy atom. The van der Waals surface area contributed by atoms with Crippen molar-refractivity contribution in [2.24, 2.45) is 0 Å². The maximum absolute atomic E-state index is 9.48. The first-order chi connectivity index (χ1) is 8.72. The van der Waals surface area contributed by atoms with E-state index in [-0.39, 0.29) is 13.2 Å². The summed E-state index contributed by atoms with van der Waals surface area (Å²) in [7, 11) is 0. The van der Waals surface area contributed by atoms with Crippen molar-refractivity contribution in [3.8, 4) is 36.0 Å². The average Bonchev–Trinajstić information content (AvgIpc) is 2.38. The van der Waals surface area contributed by atoms with Crippen molar-refractivity contribution in [1.29, 1.82) is 0 Å². The molecule has 18 heavy (non-hydrogen) atoms. The van der Waals surface area contributed by atoms with E-state index in [1.54, 1.807) is 0 Å². The molecule has 0 spiro atoms. The Hall–Kier alpha value is -2.18. The second-order valence-electron chi connectivity index (χ2n) is 3.56. The summed E-state index contributed by atoms with van der Waals surface area (Å²) in [6, 6.07) is 7.74. The van der Waals surface area contributed by atoms with Crippen molar-refractivity contribution in [2.45, 2.75) is 13.0 Å². The van der Waals surface area contributed by atoms with Gasteiger partial charge in [-0.3, -0.25) is 0 Å². The second-order valence-corrected chi connectivity index (χ2v) is 3.56. The van der Waals surface area contributed by atoms with Crippen molar-refractivity contribution >= 4 is 0 Å². The van der Waals surface area contributed by atoms with Gasteiger partial charge in [0.25, 0.3) is 0 Å². The van der Waals surface area contributed by atoms with Crippen LogP contribution in [0, 0.1) is 42.9 Å². The lowest BCUT2D eigenvalue weighted by atomic mass is 10.1. The molecular formula is C16H14O2. The number of rotatable bonds is 2. The van der Waals surface area contributed by atoms with Crippen LogP contribution in [0.1, 0.15) is 11.1 Å². The van der Waals surface area contributed by atoms with Crippen molar-refractivity contribution in [3.63, 3.8) is 0 Å². The lowest BCUT2D eigenvalue weighted by Crippen LogP contribution is -1.99. The van der Waals surface area contributed by atoms with Gasteiger partial charge in [0.2, 0.25) is 0 Å². The number of hydrogen-bond acceptors (Lipinski definition) is 2. The number of aryl methyl sites for hydroxylation is 1. The molecule has 2 nitrogen and oxygen atoms in total. The molecule has 1 N–H and O–H groups in total. The van der Waals surface area contributed by atoms with Gasteiger partial charge in [0.1, 0.15) is 13.2 Å². The Morgan fingerprint density at radius 1 is 1.22 bits per heavy atom. The molecule has 0 bridgehead atoms. The fourth-order valence-corrected chi connectivity index (χ4v) is 1.12. The van der Waals surface area contributed by atoms with Crippen molar-refractivity contribution in [3.05, 3.63) is 35.4 Å². The molecule has 1 aromatic rings. The van der Waals surface area contributed by atoms with Gasteiger partial charge >= 0.3 is 0 Å². The smallest absolute Gasteiger partial charge is 0.177 e. The normalized spacial score (nSPS) is 10.3. The lowest BCUT2D eigenvalue weighted by molar-refractivity contribution is 0.204. The van der Waals surface area contributed by atoms with Crippen LogP contribution < -0.4 is 0 Å². The molecule has 0 aliphatic heterocycles. The van der Waals surface area contributed by atoms with Gasteiger partial charge in [0.05, 0.1) is 0 Å². The third-order valence-electron chi connectivity index (χ3n) is 2.00. The first-order valence-electron chi connectivity index (χ1n) is 5.48. The van der Waals surface area contributed by atoms with E-state index < -0.39 is 6.10 Å². The Morgan fingerprint density at radius 2 is 1.94 bits per heavy atom. The minimum absolute atomic E-state index is 0.202. The minimum Gasteiger partial charge on any atom is -0.369 e. The molecule has 1 rings (SSSR count). The standard InChI is InChI=1S/C16H14O2/c1-3-12-18-13-4-5-16(17)11-10-15-8-6-14(2)7-9-15/h1,6-9,16-17H,12-13H2,2H3. The Labute approximate surface area is 108 Å². The molecule has 0 aliphatic rings. The van der Waals surface area contributed by atoms with Gasteiger partial charge in [0.15, 0.2) is 6.10 Å². The minimum atomic E-state index is -0.972.